The molecule has 1 saturated heterocycles. The molecule has 5 nitrogen and oxygen atoms in total. The average molecular weight is 314 g/mol. The summed E-state index contributed by atoms with van der Waals surface area (Å²) in [5.74, 6) is -2.47. The highest BCUT2D eigenvalue weighted by Crippen LogP contribution is 2.32. The number of nitrogens with one attached hydrogen (secondary N) is 2. The Morgan fingerprint density at radius 1 is 1.27 bits per heavy atom. The number of rotatable bonds is 5. The first-order chi connectivity index (χ1) is 10.5. The SMILES string of the molecule is COCC1(C(=O)Nc2cc(F)c(OC)c(F)c2)CCNCC1. The van der Waals surface area contributed by atoms with Crippen LogP contribution in [-0.2, 0) is 9.53 Å². The van der Waals surface area contributed by atoms with Crippen LogP contribution in [0.3, 0.4) is 0 Å². The third kappa shape index (κ3) is 3.36. The maximum absolute atomic E-state index is 13.7. The Hall–Kier alpha value is -1.73. The van der Waals surface area contributed by atoms with Gasteiger partial charge in [-0.15, -0.1) is 0 Å². The second-order valence-corrected chi connectivity index (χ2v) is 5.39. The highest BCUT2D eigenvalue weighted by atomic mass is 19.1. The third-order valence-electron chi connectivity index (χ3n) is 3.92. The Kier molecular flexibility index (Phi) is 5.31. The van der Waals surface area contributed by atoms with Crippen molar-refractivity contribution in [2.45, 2.75) is 12.8 Å². The number of methoxy groups -OCH3 is 2. The Balaban J connectivity index is 2.19. The molecule has 22 heavy (non-hydrogen) atoms. The molecule has 1 aliphatic rings. The summed E-state index contributed by atoms with van der Waals surface area (Å²) in [5.41, 5.74) is -0.623. The van der Waals surface area contributed by atoms with Gasteiger partial charge in [-0.1, -0.05) is 0 Å². The summed E-state index contributed by atoms with van der Waals surface area (Å²) < 4.78 is 37.2. The number of benzene rings is 1. The van der Waals surface area contributed by atoms with Crippen molar-refractivity contribution in [2.24, 2.45) is 5.41 Å². The number of ether oxygens (including phenoxy) is 2. The van der Waals surface area contributed by atoms with Crippen molar-refractivity contribution in [3.63, 3.8) is 0 Å². The van der Waals surface area contributed by atoms with Crippen molar-refractivity contribution in [3.05, 3.63) is 23.8 Å². The molecule has 0 aliphatic carbocycles. The third-order valence-corrected chi connectivity index (χ3v) is 3.92. The predicted octanol–water partition coefficient (Wildman–Crippen LogP) is 1.93. The number of hydrogen-bond acceptors (Lipinski definition) is 4. The lowest BCUT2D eigenvalue weighted by Gasteiger charge is -2.35. The molecule has 0 spiro atoms. The zero-order valence-electron chi connectivity index (χ0n) is 12.7. The summed E-state index contributed by atoms with van der Waals surface area (Å²) in [6.07, 6.45) is 1.21. The minimum absolute atomic E-state index is 0.0646. The molecule has 0 radical (unpaired) electrons. The van der Waals surface area contributed by atoms with Crippen molar-refractivity contribution in [2.75, 3.05) is 39.2 Å². The van der Waals surface area contributed by atoms with Crippen molar-refractivity contribution < 1.29 is 23.0 Å². The lowest BCUT2D eigenvalue weighted by Crippen LogP contribution is -2.47. The lowest BCUT2D eigenvalue weighted by molar-refractivity contribution is -0.130. The Morgan fingerprint density at radius 2 is 1.86 bits per heavy atom. The summed E-state index contributed by atoms with van der Waals surface area (Å²) >= 11 is 0. The molecule has 0 atom stereocenters. The fourth-order valence-electron chi connectivity index (χ4n) is 2.71. The van der Waals surface area contributed by atoms with E-state index in [1.54, 1.807) is 0 Å². The molecule has 0 bridgehead atoms. The van der Waals surface area contributed by atoms with E-state index < -0.39 is 22.8 Å². The first kappa shape index (κ1) is 16.6. The van der Waals surface area contributed by atoms with Gasteiger partial charge in [0.15, 0.2) is 17.4 Å². The summed E-state index contributed by atoms with van der Waals surface area (Å²) in [6.45, 7) is 1.66. The largest absolute Gasteiger partial charge is 0.491 e. The van der Waals surface area contributed by atoms with Gasteiger partial charge in [0.05, 0.1) is 19.1 Å². The fraction of sp³-hybridized carbons (Fsp3) is 0.533. The topological polar surface area (TPSA) is 59.6 Å². The van der Waals surface area contributed by atoms with Crippen LogP contribution in [0, 0.1) is 17.0 Å². The zero-order valence-corrected chi connectivity index (χ0v) is 12.7. The minimum atomic E-state index is -0.857. The van der Waals surface area contributed by atoms with Gasteiger partial charge in [-0.05, 0) is 25.9 Å². The van der Waals surface area contributed by atoms with Crippen molar-refractivity contribution in [3.8, 4) is 5.75 Å². The Bertz CT molecular complexity index is 517. The molecule has 0 unspecified atom stereocenters. The van der Waals surface area contributed by atoms with Crippen molar-refractivity contribution in [1.29, 1.82) is 0 Å². The molecular formula is C15H20F2N2O3. The smallest absolute Gasteiger partial charge is 0.233 e. The zero-order chi connectivity index (χ0) is 16.2. The molecule has 1 aromatic carbocycles. The second-order valence-electron chi connectivity index (χ2n) is 5.39. The first-order valence-corrected chi connectivity index (χ1v) is 7.06. The van der Waals surface area contributed by atoms with Crippen LogP contribution in [-0.4, -0.2) is 39.8 Å². The van der Waals surface area contributed by atoms with E-state index in [0.717, 1.165) is 12.1 Å². The lowest BCUT2D eigenvalue weighted by atomic mass is 9.78. The molecule has 0 aromatic heterocycles. The molecule has 122 valence electrons. The number of halogens is 2. The molecule has 2 N–H and O–H groups in total. The van der Waals surface area contributed by atoms with Gasteiger partial charge in [0.25, 0.3) is 0 Å². The van der Waals surface area contributed by atoms with Gasteiger partial charge in [-0.2, -0.15) is 0 Å². The summed E-state index contributed by atoms with van der Waals surface area (Å²) in [4.78, 5) is 12.6. The highest BCUT2D eigenvalue weighted by Gasteiger charge is 2.39. The number of carbonyl (C=O) groups excluding carboxylic acids is 1. The molecule has 2 rings (SSSR count). The number of hydrogen-bond donors (Lipinski definition) is 2. The van der Waals surface area contributed by atoms with Gasteiger partial charge in [-0.25, -0.2) is 8.78 Å². The van der Waals surface area contributed by atoms with Crippen LogP contribution in [0.5, 0.6) is 5.75 Å². The normalized spacial score (nSPS) is 17.1. The van der Waals surface area contributed by atoms with Gasteiger partial charge < -0.3 is 20.1 Å². The molecule has 7 heteroatoms. The predicted molar refractivity (Wildman–Crippen MR) is 78.0 cm³/mol. The summed E-state index contributed by atoms with van der Waals surface area (Å²) in [7, 11) is 2.71. The molecule has 0 saturated carbocycles. The van der Waals surface area contributed by atoms with Gasteiger partial charge in [-0.3, -0.25) is 4.79 Å². The van der Waals surface area contributed by atoms with Crippen molar-refractivity contribution in [1.82, 2.24) is 5.32 Å². The van der Waals surface area contributed by atoms with E-state index in [-0.39, 0.29) is 18.2 Å². The summed E-state index contributed by atoms with van der Waals surface area (Å²) in [6, 6.07) is 2.09. The van der Waals surface area contributed by atoms with Crippen LogP contribution in [0.1, 0.15) is 12.8 Å². The van der Waals surface area contributed by atoms with Crippen molar-refractivity contribution >= 4 is 11.6 Å². The number of anilines is 1. The monoisotopic (exact) mass is 314 g/mol. The van der Waals surface area contributed by atoms with Crippen LogP contribution in [0.15, 0.2) is 12.1 Å². The van der Waals surface area contributed by atoms with Gasteiger partial charge in [0.1, 0.15) is 0 Å². The van der Waals surface area contributed by atoms with Gasteiger partial charge in [0, 0.05) is 24.9 Å². The Morgan fingerprint density at radius 3 is 2.36 bits per heavy atom. The number of piperidine rings is 1. The maximum atomic E-state index is 13.7. The molecule has 1 heterocycles. The van der Waals surface area contributed by atoms with Gasteiger partial charge >= 0.3 is 0 Å². The Labute approximate surface area is 128 Å². The van der Waals surface area contributed by atoms with E-state index in [2.05, 4.69) is 15.4 Å². The van der Waals surface area contributed by atoms with Crippen LogP contribution in [0.25, 0.3) is 0 Å². The van der Waals surface area contributed by atoms with Crippen LogP contribution < -0.4 is 15.4 Å². The average Bonchev–Trinajstić information content (AvgIpc) is 2.48. The maximum Gasteiger partial charge on any atom is 0.233 e. The van der Waals surface area contributed by atoms with E-state index in [1.165, 1.54) is 14.2 Å². The van der Waals surface area contributed by atoms with E-state index >= 15 is 0 Å². The van der Waals surface area contributed by atoms with Crippen LogP contribution in [0.2, 0.25) is 0 Å². The molecule has 1 aromatic rings. The molecule has 1 aliphatic heterocycles. The van der Waals surface area contributed by atoms with E-state index in [4.69, 9.17) is 4.74 Å². The minimum Gasteiger partial charge on any atom is -0.491 e. The quantitative estimate of drug-likeness (QED) is 0.872. The number of amides is 1. The first-order valence-electron chi connectivity index (χ1n) is 7.06. The highest BCUT2D eigenvalue weighted by molar-refractivity contribution is 5.95. The molecular weight excluding hydrogens is 294 g/mol. The standard InChI is InChI=1S/C15H20F2N2O3/c1-21-9-15(3-5-18-6-4-15)14(20)19-10-7-11(16)13(22-2)12(17)8-10/h7-8,18H,3-6,9H2,1-2H3,(H,19,20). The second kappa shape index (κ2) is 7.02. The van der Waals surface area contributed by atoms with Crippen LogP contribution in [0.4, 0.5) is 14.5 Å². The fourth-order valence-corrected chi connectivity index (χ4v) is 2.71. The number of carbonyl (C=O) groups is 1. The van der Waals surface area contributed by atoms with E-state index in [9.17, 15) is 13.6 Å². The molecule has 1 amide bonds. The molecule has 1 fully saturated rings. The van der Waals surface area contributed by atoms with E-state index in [0.29, 0.717) is 25.9 Å². The summed E-state index contributed by atoms with van der Waals surface area (Å²) in [5, 5.41) is 5.77. The van der Waals surface area contributed by atoms with Crippen LogP contribution >= 0.6 is 0 Å². The van der Waals surface area contributed by atoms with E-state index in [1.807, 2.05) is 0 Å². The van der Waals surface area contributed by atoms with Gasteiger partial charge in [0.2, 0.25) is 5.91 Å².